The summed E-state index contributed by atoms with van der Waals surface area (Å²) < 4.78 is 0. The van der Waals surface area contributed by atoms with Gasteiger partial charge in [-0.3, -0.25) is 4.90 Å². The molecular formula is C19H38N2. The summed E-state index contributed by atoms with van der Waals surface area (Å²) in [5.41, 5.74) is 0.561. The molecule has 2 fully saturated rings. The van der Waals surface area contributed by atoms with Crippen LogP contribution in [0.3, 0.4) is 0 Å². The van der Waals surface area contributed by atoms with Crippen LogP contribution in [0.1, 0.15) is 78.6 Å². The van der Waals surface area contributed by atoms with Crippen molar-refractivity contribution in [2.45, 2.75) is 84.6 Å². The molecule has 0 amide bonds. The molecule has 2 heteroatoms. The molecule has 2 aliphatic carbocycles. The van der Waals surface area contributed by atoms with Crippen LogP contribution in [-0.4, -0.2) is 37.1 Å². The van der Waals surface area contributed by atoms with Crippen LogP contribution in [-0.2, 0) is 0 Å². The third kappa shape index (κ3) is 5.25. The Bertz CT molecular complexity index is 275. The Morgan fingerprint density at radius 1 is 1.05 bits per heavy atom. The Kier molecular flexibility index (Phi) is 7.01. The van der Waals surface area contributed by atoms with E-state index in [0.29, 0.717) is 5.41 Å². The van der Waals surface area contributed by atoms with Crippen LogP contribution in [0.25, 0.3) is 0 Å². The topological polar surface area (TPSA) is 15.3 Å². The Morgan fingerprint density at radius 2 is 1.71 bits per heavy atom. The molecule has 2 saturated carbocycles. The first-order valence-corrected chi connectivity index (χ1v) is 9.60. The van der Waals surface area contributed by atoms with Crippen molar-refractivity contribution in [2.24, 2.45) is 11.3 Å². The Hall–Kier alpha value is -0.0800. The Labute approximate surface area is 133 Å². The first kappa shape index (κ1) is 17.3. The zero-order valence-electron chi connectivity index (χ0n) is 14.8. The smallest absolute Gasteiger partial charge is 0.00956 e. The molecule has 124 valence electrons. The van der Waals surface area contributed by atoms with Crippen LogP contribution in [0.5, 0.6) is 0 Å². The van der Waals surface area contributed by atoms with E-state index in [0.717, 1.165) is 18.5 Å². The van der Waals surface area contributed by atoms with Crippen LogP contribution in [0, 0.1) is 11.3 Å². The molecular weight excluding hydrogens is 256 g/mol. The van der Waals surface area contributed by atoms with Crippen molar-refractivity contribution in [3.63, 3.8) is 0 Å². The van der Waals surface area contributed by atoms with Gasteiger partial charge in [-0.05, 0) is 43.6 Å². The van der Waals surface area contributed by atoms with Gasteiger partial charge in [-0.25, -0.2) is 0 Å². The van der Waals surface area contributed by atoms with E-state index in [-0.39, 0.29) is 0 Å². The molecule has 21 heavy (non-hydrogen) atoms. The van der Waals surface area contributed by atoms with Crippen molar-refractivity contribution in [2.75, 3.05) is 26.2 Å². The largest absolute Gasteiger partial charge is 0.316 e. The van der Waals surface area contributed by atoms with Crippen LogP contribution >= 0.6 is 0 Å². The average Bonchev–Trinajstić information content (AvgIpc) is 2.99. The summed E-state index contributed by atoms with van der Waals surface area (Å²) in [5.74, 6) is 0.797. The Morgan fingerprint density at radius 3 is 2.29 bits per heavy atom. The van der Waals surface area contributed by atoms with Gasteiger partial charge >= 0.3 is 0 Å². The maximum atomic E-state index is 3.68. The fraction of sp³-hybridized carbons (Fsp3) is 1.00. The second kappa shape index (κ2) is 8.53. The predicted molar refractivity (Wildman–Crippen MR) is 92.7 cm³/mol. The summed E-state index contributed by atoms with van der Waals surface area (Å²) in [6, 6.07) is 0.882. The molecule has 0 aliphatic heterocycles. The summed E-state index contributed by atoms with van der Waals surface area (Å²) >= 11 is 0. The fourth-order valence-electron chi connectivity index (χ4n) is 4.59. The predicted octanol–water partition coefficient (Wildman–Crippen LogP) is 4.45. The van der Waals surface area contributed by atoms with Crippen LogP contribution in [0.2, 0.25) is 0 Å². The zero-order valence-corrected chi connectivity index (χ0v) is 14.8. The lowest BCUT2D eigenvalue weighted by Gasteiger charge is -2.44. The van der Waals surface area contributed by atoms with E-state index in [1.54, 1.807) is 0 Å². The highest BCUT2D eigenvalue weighted by atomic mass is 15.2. The Balaban J connectivity index is 2.02. The summed E-state index contributed by atoms with van der Waals surface area (Å²) in [7, 11) is 0. The average molecular weight is 295 g/mol. The molecule has 0 bridgehead atoms. The minimum atomic E-state index is 0.561. The molecule has 0 saturated heterocycles. The van der Waals surface area contributed by atoms with Gasteiger partial charge in [-0.2, -0.15) is 0 Å². The highest BCUT2D eigenvalue weighted by molar-refractivity contribution is 4.90. The molecule has 1 N–H and O–H groups in total. The quantitative estimate of drug-likeness (QED) is 0.711. The molecule has 0 spiro atoms. The van der Waals surface area contributed by atoms with Crippen LogP contribution < -0.4 is 5.32 Å². The maximum Gasteiger partial charge on any atom is 0.00956 e. The molecule has 0 unspecified atom stereocenters. The van der Waals surface area contributed by atoms with Gasteiger partial charge in [0.25, 0.3) is 0 Å². The minimum absolute atomic E-state index is 0.561. The fourth-order valence-corrected chi connectivity index (χ4v) is 4.59. The highest BCUT2D eigenvalue weighted by Crippen LogP contribution is 2.38. The molecule has 0 heterocycles. The molecule has 2 nitrogen and oxygen atoms in total. The molecule has 0 aromatic heterocycles. The summed E-state index contributed by atoms with van der Waals surface area (Å²) in [6.45, 7) is 12.0. The van der Waals surface area contributed by atoms with E-state index >= 15 is 0 Å². The van der Waals surface area contributed by atoms with Gasteiger partial charge in [0.15, 0.2) is 0 Å². The third-order valence-corrected chi connectivity index (χ3v) is 5.64. The van der Waals surface area contributed by atoms with Gasteiger partial charge < -0.3 is 5.32 Å². The van der Waals surface area contributed by atoms with Crippen molar-refractivity contribution in [3.05, 3.63) is 0 Å². The maximum absolute atomic E-state index is 3.68. The van der Waals surface area contributed by atoms with E-state index in [4.69, 9.17) is 0 Å². The second-order valence-electron chi connectivity index (χ2n) is 8.10. The molecule has 0 radical (unpaired) electrons. The standard InChI is InChI=1S/C19H38N2/c1-4-20-15-19(12-8-5-9-13-19)16-21(14-17(2)3)18-10-6-7-11-18/h17-18,20H,4-16H2,1-3H3. The van der Waals surface area contributed by atoms with Gasteiger partial charge in [-0.15, -0.1) is 0 Å². The van der Waals surface area contributed by atoms with E-state index in [1.165, 1.54) is 77.4 Å². The summed E-state index contributed by atoms with van der Waals surface area (Å²) in [5, 5.41) is 3.68. The van der Waals surface area contributed by atoms with Crippen LogP contribution in [0.4, 0.5) is 0 Å². The lowest BCUT2D eigenvalue weighted by molar-refractivity contribution is 0.0675. The second-order valence-corrected chi connectivity index (χ2v) is 8.10. The van der Waals surface area contributed by atoms with Crippen molar-refractivity contribution in [3.8, 4) is 0 Å². The lowest BCUT2D eigenvalue weighted by atomic mass is 9.73. The van der Waals surface area contributed by atoms with Gasteiger partial charge in [0.2, 0.25) is 0 Å². The van der Waals surface area contributed by atoms with Gasteiger partial charge in [0, 0.05) is 25.7 Å². The lowest BCUT2D eigenvalue weighted by Crippen LogP contribution is -2.49. The number of hydrogen-bond acceptors (Lipinski definition) is 2. The number of rotatable bonds is 8. The first-order valence-electron chi connectivity index (χ1n) is 9.60. The zero-order chi connectivity index (χ0) is 15.1. The van der Waals surface area contributed by atoms with E-state index in [1.807, 2.05) is 0 Å². The minimum Gasteiger partial charge on any atom is -0.316 e. The monoisotopic (exact) mass is 294 g/mol. The normalized spacial score (nSPS) is 23.3. The van der Waals surface area contributed by atoms with Crippen molar-refractivity contribution in [1.82, 2.24) is 10.2 Å². The van der Waals surface area contributed by atoms with Gasteiger partial charge in [0.05, 0.1) is 0 Å². The number of hydrogen-bond donors (Lipinski definition) is 1. The van der Waals surface area contributed by atoms with Gasteiger partial charge in [-0.1, -0.05) is 52.9 Å². The van der Waals surface area contributed by atoms with Gasteiger partial charge in [0.1, 0.15) is 0 Å². The molecule has 2 aliphatic rings. The molecule has 0 aromatic carbocycles. The number of nitrogens with zero attached hydrogens (tertiary/aromatic N) is 1. The first-order chi connectivity index (χ1) is 10.2. The van der Waals surface area contributed by atoms with E-state index < -0.39 is 0 Å². The SMILES string of the molecule is CCNCC1(CN(CC(C)C)C2CCCC2)CCCCC1. The third-order valence-electron chi connectivity index (χ3n) is 5.64. The van der Waals surface area contributed by atoms with Crippen molar-refractivity contribution >= 4 is 0 Å². The number of nitrogens with one attached hydrogen (secondary N) is 1. The van der Waals surface area contributed by atoms with E-state index in [2.05, 4.69) is 31.0 Å². The van der Waals surface area contributed by atoms with Crippen molar-refractivity contribution in [1.29, 1.82) is 0 Å². The molecule has 2 rings (SSSR count). The molecule has 0 aromatic rings. The summed E-state index contributed by atoms with van der Waals surface area (Å²) in [6.07, 6.45) is 13.1. The summed E-state index contributed by atoms with van der Waals surface area (Å²) in [4.78, 5) is 2.89. The van der Waals surface area contributed by atoms with Crippen molar-refractivity contribution < 1.29 is 0 Å². The molecule has 0 atom stereocenters. The van der Waals surface area contributed by atoms with E-state index in [9.17, 15) is 0 Å². The van der Waals surface area contributed by atoms with Crippen LogP contribution in [0.15, 0.2) is 0 Å². The highest BCUT2D eigenvalue weighted by Gasteiger charge is 2.36.